The lowest BCUT2D eigenvalue weighted by Crippen LogP contribution is -2.23. The van der Waals surface area contributed by atoms with Crippen molar-refractivity contribution in [1.29, 1.82) is 0 Å². The summed E-state index contributed by atoms with van der Waals surface area (Å²) in [6, 6.07) is 6.80. The quantitative estimate of drug-likeness (QED) is 0.752. The van der Waals surface area contributed by atoms with E-state index in [2.05, 4.69) is 20.4 Å². The van der Waals surface area contributed by atoms with Crippen molar-refractivity contribution >= 4 is 17.5 Å². The molecule has 0 atom stereocenters. The maximum Gasteiger partial charge on any atom is 0.259 e. The number of benzene rings is 1. The van der Waals surface area contributed by atoms with Crippen LogP contribution >= 0.6 is 11.6 Å². The van der Waals surface area contributed by atoms with Crippen LogP contribution in [-0.4, -0.2) is 21.0 Å². The molecule has 3 aromatic rings. The second-order valence-corrected chi connectivity index (χ2v) is 5.14. The normalized spacial score (nSPS) is 10.6. The van der Waals surface area contributed by atoms with Gasteiger partial charge in [0.05, 0.1) is 17.1 Å². The van der Waals surface area contributed by atoms with Crippen molar-refractivity contribution < 1.29 is 13.7 Å². The molecule has 1 aromatic carbocycles. The van der Waals surface area contributed by atoms with Crippen molar-refractivity contribution in [2.75, 3.05) is 0 Å². The first-order chi connectivity index (χ1) is 11.5. The number of hydrogen-bond donors (Lipinski definition) is 2. The lowest BCUT2D eigenvalue weighted by molar-refractivity contribution is 0.0946. The lowest BCUT2D eigenvalue weighted by Gasteiger charge is -2.03. The Balaban J connectivity index is 1.69. The standard InChI is InChI=1S/C15H10ClFN4O3/c16-10-6-8(3-4-11(10)17)14(22)19-7-12-20-13(21-24-12)9-2-1-5-18-15(9)23/h1-6H,7H2,(H,18,23)(H,19,22). The Bertz CT molecular complexity index is 954. The zero-order valence-corrected chi connectivity index (χ0v) is 12.8. The van der Waals surface area contributed by atoms with Crippen LogP contribution in [0.25, 0.3) is 11.4 Å². The number of aromatic amines is 1. The summed E-state index contributed by atoms with van der Waals surface area (Å²) in [4.78, 5) is 30.2. The molecule has 0 saturated heterocycles. The van der Waals surface area contributed by atoms with Gasteiger partial charge in [-0.3, -0.25) is 9.59 Å². The molecule has 7 nitrogen and oxygen atoms in total. The highest BCUT2D eigenvalue weighted by Crippen LogP contribution is 2.16. The van der Waals surface area contributed by atoms with Crippen LogP contribution < -0.4 is 10.9 Å². The highest BCUT2D eigenvalue weighted by molar-refractivity contribution is 6.31. The third kappa shape index (κ3) is 3.33. The maximum absolute atomic E-state index is 13.1. The zero-order valence-electron chi connectivity index (χ0n) is 12.0. The first kappa shape index (κ1) is 15.9. The van der Waals surface area contributed by atoms with Gasteiger partial charge in [0.25, 0.3) is 11.5 Å². The third-order valence-electron chi connectivity index (χ3n) is 3.11. The maximum atomic E-state index is 13.1. The van der Waals surface area contributed by atoms with Crippen LogP contribution in [0.5, 0.6) is 0 Å². The highest BCUT2D eigenvalue weighted by atomic mass is 35.5. The topological polar surface area (TPSA) is 101 Å². The average molecular weight is 349 g/mol. The molecule has 122 valence electrons. The number of pyridine rings is 1. The molecule has 24 heavy (non-hydrogen) atoms. The second-order valence-electron chi connectivity index (χ2n) is 4.74. The van der Waals surface area contributed by atoms with Gasteiger partial charge in [-0.25, -0.2) is 4.39 Å². The zero-order chi connectivity index (χ0) is 17.1. The molecular formula is C15H10ClFN4O3. The van der Waals surface area contributed by atoms with Gasteiger partial charge in [-0.1, -0.05) is 16.8 Å². The highest BCUT2D eigenvalue weighted by Gasteiger charge is 2.13. The molecular weight excluding hydrogens is 339 g/mol. The van der Waals surface area contributed by atoms with Gasteiger partial charge in [0.1, 0.15) is 5.82 Å². The molecule has 0 aliphatic carbocycles. The Morgan fingerprint density at radius 2 is 2.21 bits per heavy atom. The van der Waals surface area contributed by atoms with Gasteiger partial charge in [-0.05, 0) is 30.3 Å². The fourth-order valence-electron chi connectivity index (χ4n) is 1.93. The SMILES string of the molecule is O=C(NCc1nc(-c2ccc[nH]c2=O)no1)c1ccc(F)c(Cl)c1. The smallest absolute Gasteiger partial charge is 0.259 e. The van der Waals surface area contributed by atoms with Gasteiger partial charge in [0.15, 0.2) is 0 Å². The summed E-state index contributed by atoms with van der Waals surface area (Å²) in [6.07, 6.45) is 1.49. The molecule has 0 unspecified atom stereocenters. The molecule has 0 aliphatic heterocycles. The number of halogens is 2. The van der Waals surface area contributed by atoms with Gasteiger partial charge in [-0.2, -0.15) is 4.98 Å². The second kappa shape index (κ2) is 6.63. The van der Waals surface area contributed by atoms with Gasteiger partial charge in [0.2, 0.25) is 11.7 Å². The van der Waals surface area contributed by atoms with Crippen molar-refractivity contribution in [3.05, 3.63) is 69.2 Å². The van der Waals surface area contributed by atoms with E-state index in [4.69, 9.17) is 16.1 Å². The Morgan fingerprint density at radius 3 is 2.96 bits per heavy atom. The molecule has 0 spiro atoms. The molecule has 2 heterocycles. The van der Waals surface area contributed by atoms with E-state index in [-0.39, 0.29) is 40.0 Å². The lowest BCUT2D eigenvalue weighted by atomic mass is 10.2. The number of carbonyl (C=O) groups excluding carboxylic acids is 1. The molecule has 0 radical (unpaired) electrons. The fraction of sp³-hybridized carbons (Fsp3) is 0.0667. The molecule has 2 aromatic heterocycles. The van der Waals surface area contributed by atoms with Crippen molar-refractivity contribution in [1.82, 2.24) is 20.4 Å². The number of nitrogens with zero attached hydrogens (tertiary/aromatic N) is 2. The van der Waals surface area contributed by atoms with Crippen molar-refractivity contribution in [2.24, 2.45) is 0 Å². The van der Waals surface area contributed by atoms with E-state index in [9.17, 15) is 14.0 Å². The predicted molar refractivity (Wildman–Crippen MR) is 82.9 cm³/mol. The van der Waals surface area contributed by atoms with E-state index < -0.39 is 11.7 Å². The fourth-order valence-corrected chi connectivity index (χ4v) is 2.11. The van der Waals surface area contributed by atoms with Crippen LogP contribution in [0.1, 0.15) is 16.2 Å². The van der Waals surface area contributed by atoms with Crippen molar-refractivity contribution in [3.63, 3.8) is 0 Å². The Labute approximate surface area is 139 Å². The number of nitrogens with one attached hydrogen (secondary N) is 2. The summed E-state index contributed by atoms with van der Waals surface area (Å²) in [5, 5.41) is 6.09. The molecule has 0 saturated carbocycles. The van der Waals surface area contributed by atoms with Crippen molar-refractivity contribution in [2.45, 2.75) is 6.54 Å². The number of H-pyrrole nitrogens is 1. The molecule has 1 amide bonds. The van der Waals surface area contributed by atoms with E-state index in [1.54, 1.807) is 12.1 Å². The minimum absolute atomic E-state index is 0.0500. The number of rotatable bonds is 4. The van der Waals surface area contributed by atoms with E-state index in [0.29, 0.717) is 0 Å². The number of hydrogen-bond acceptors (Lipinski definition) is 5. The van der Waals surface area contributed by atoms with Gasteiger partial charge in [0, 0.05) is 11.8 Å². The third-order valence-corrected chi connectivity index (χ3v) is 3.40. The first-order valence-corrected chi connectivity index (χ1v) is 7.16. The summed E-state index contributed by atoms with van der Waals surface area (Å²) >= 11 is 5.63. The molecule has 0 bridgehead atoms. The van der Waals surface area contributed by atoms with Crippen LogP contribution in [0.4, 0.5) is 4.39 Å². The molecule has 9 heteroatoms. The van der Waals surface area contributed by atoms with Gasteiger partial charge >= 0.3 is 0 Å². The van der Waals surface area contributed by atoms with Crippen LogP contribution in [-0.2, 0) is 6.54 Å². The molecule has 0 fully saturated rings. The Kier molecular flexibility index (Phi) is 4.39. The van der Waals surface area contributed by atoms with E-state index >= 15 is 0 Å². The summed E-state index contributed by atoms with van der Waals surface area (Å²) in [7, 11) is 0. The monoisotopic (exact) mass is 348 g/mol. The Hall–Kier alpha value is -3.00. The van der Waals surface area contributed by atoms with E-state index in [1.807, 2.05) is 0 Å². The number of amides is 1. The number of carbonyl (C=O) groups is 1. The summed E-state index contributed by atoms with van der Waals surface area (Å²) in [6.45, 7) is -0.0500. The minimum atomic E-state index is -0.608. The summed E-state index contributed by atoms with van der Waals surface area (Å²) in [5.41, 5.74) is 0.0969. The number of aromatic nitrogens is 3. The van der Waals surface area contributed by atoms with Crippen LogP contribution in [0.15, 0.2) is 45.8 Å². The Morgan fingerprint density at radius 1 is 1.38 bits per heavy atom. The molecule has 3 rings (SSSR count). The first-order valence-electron chi connectivity index (χ1n) is 6.78. The van der Waals surface area contributed by atoms with Gasteiger partial charge < -0.3 is 14.8 Å². The minimum Gasteiger partial charge on any atom is -0.343 e. The average Bonchev–Trinajstić information content (AvgIpc) is 3.04. The van der Waals surface area contributed by atoms with Crippen LogP contribution in [0.2, 0.25) is 5.02 Å². The van der Waals surface area contributed by atoms with Crippen LogP contribution in [0.3, 0.4) is 0 Å². The summed E-state index contributed by atoms with van der Waals surface area (Å²) < 4.78 is 18.1. The largest absolute Gasteiger partial charge is 0.343 e. The molecule has 0 aliphatic rings. The van der Waals surface area contributed by atoms with E-state index in [0.717, 1.165) is 6.07 Å². The van der Waals surface area contributed by atoms with Gasteiger partial charge in [-0.15, -0.1) is 0 Å². The molecule has 2 N–H and O–H groups in total. The van der Waals surface area contributed by atoms with E-state index in [1.165, 1.54) is 18.3 Å². The predicted octanol–water partition coefficient (Wildman–Crippen LogP) is 2.15. The summed E-state index contributed by atoms with van der Waals surface area (Å²) in [5.74, 6) is -0.849. The van der Waals surface area contributed by atoms with Crippen molar-refractivity contribution in [3.8, 4) is 11.4 Å². The van der Waals surface area contributed by atoms with Crippen LogP contribution in [0, 0.1) is 5.82 Å².